The summed E-state index contributed by atoms with van der Waals surface area (Å²) in [4.78, 5) is 26.6. The summed E-state index contributed by atoms with van der Waals surface area (Å²) in [6.45, 7) is -3.12. The summed E-state index contributed by atoms with van der Waals surface area (Å²) in [5, 5.41) is 0.245. The summed E-state index contributed by atoms with van der Waals surface area (Å²) in [6, 6.07) is 10.9. The first kappa shape index (κ1) is 22.0. The second kappa shape index (κ2) is 10.3. The molecule has 2 aromatic rings. The lowest BCUT2D eigenvalue weighted by molar-refractivity contribution is -0.133. The Kier molecular flexibility index (Phi) is 8.07. The fourth-order valence-electron chi connectivity index (χ4n) is 2.24. The van der Waals surface area contributed by atoms with Gasteiger partial charge in [0.2, 0.25) is 0 Å². The van der Waals surface area contributed by atoms with Crippen LogP contribution in [-0.4, -0.2) is 43.3 Å². The molecule has 0 aromatic heterocycles. The van der Waals surface area contributed by atoms with Crippen molar-refractivity contribution in [2.24, 2.45) is 0 Å². The number of alkyl halides is 2. The SMILES string of the molecule is CSc1ccc(Cl)c(C(=O)OCC(=O)N(C)Cc2ccc(OC(F)F)cc2)c1. The van der Waals surface area contributed by atoms with Crippen LogP contribution < -0.4 is 4.74 Å². The van der Waals surface area contributed by atoms with Gasteiger partial charge in [-0.1, -0.05) is 23.7 Å². The van der Waals surface area contributed by atoms with Gasteiger partial charge in [-0.25, -0.2) is 4.79 Å². The molecular weight excluding hydrogens is 412 g/mol. The molecule has 0 bridgehead atoms. The standard InChI is InChI=1S/C19H18ClF2NO4S/c1-23(10-12-3-5-13(6-4-12)27-19(21)22)17(24)11-26-18(25)15-9-14(28-2)7-8-16(15)20/h3-9,19H,10-11H2,1-2H3. The molecule has 1 amide bonds. The normalized spacial score (nSPS) is 10.6. The second-order valence-electron chi connectivity index (χ2n) is 5.69. The molecular formula is C19H18ClF2NO4S. The zero-order chi connectivity index (χ0) is 20.7. The second-order valence-corrected chi connectivity index (χ2v) is 6.98. The molecule has 0 aliphatic rings. The van der Waals surface area contributed by atoms with Crippen molar-refractivity contribution in [2.75, 3.05) is 19.9 Å². The molecule has 150 valence electrons. The van der Waals surface area contributed by atoms with Crippen molar-refractivity contribution < 1.29 is 27.8 Å². The first-order valence-corrected chi connectivity index (χ1v) is 9.68. The van der Waals surface area contributed by atoms with Crippen LogP contribution in [0.15, 0.2) is 47.4 Å². The topological polar surface area (TPSA) is 55.8 Å². The van der Waals surface area contributed by atoms with E-state index in [1.54, 1.807) is 37.4 Å². The molecule has 0 saturated carbocycles. The zero-order valence-electron chi connectivity index (χ0n) is 15.2. The maximum atomic E-state index is 12.2. The van der Waals surface area contributed by atoms with Crippen LogP contribution in [0.25, 0.3) is 0 Å². The van der Waals surface area contributed by atoms with Gasteiger partial charge >= 0.3 is 12.6 Å². The summed E-state index contributed by atoms with van der Waals surface area (Å²) in [5.41, 5.74) is 0.901. The smallest absolute Gasteiger partial charge is 0.387 e. The predicted octanol–water partition coefficient (Wildman–Crippen LogP) is 4.48. The highest BCUT2D eigenvalue weighted by Gasteiger charge is 2.17. The van der Waals surface area contributed by atoms with Gasteiger partial charge in [0.25, 0.3) is 5.91 Å². The van der Waals surface area contributed by atoms with Crippen LogP contribution >= 0.6 is 23.4 Å². The lowest BCUT2D eigenvalue weighted by Crippen LogP contribution is -2.30. The first-order chi connectivity index (χ1) is 13.3. The molecule has 0 saturated heterocycles. The molecule has 28 heavy (non-hydrogen) atoms. The van der Waals surface area contributed by atoms with Crippen LogP contribution in [0, 0.1) is 0 Å². The highest BCUT2D eigenvalue weighted by Crippen LogP contribution is 2.23. The van der Waals surface area contributed by atoms with Gasteiger partial charge in [0.05, 0.1) is 10.6 Å². The molecule has 5 nitrogen and oxygen atoms in total. The molecule has 0 radical (unpaired) electrons. The van der Waals surface area contributed by atoms with Crippen molar-refractivity contribution in [3.63, 3.8) is 0 Å². The minimum absolute atomic E-state index is 0.0333. The van der Waals surface area contributed by atoms with Crippen molar-refractivity contribution in [3.05, 3.63) is 58.6 Å². The van der Waals surface area contributed by atoms with E-state index in [-0.39, 0.29) is 22.9 Å². The van der Waals surface area contributed by atoms with Gasteiger partial charge in [0.1, 0.15) is 5.75 Å². The van der Waals surface area contributed by atoms with Crippen molar-refractivity contribution in [3.8, 4) is 5.75 Å². The molecule has 0 heterocycles. The van der Waals surface area contributed by atoms with E-state index in [1.165, 1.54) is 28.8 Å². The maximum absolute atomic E-state index is 12.2. The van der Waals surface area contributed by atoms with E-state index >= 15 is 0 Å². The van der Waals surface area contributed by atoms with E-state index in [0.717, 1.165) is 4.90 Å². The average molecular weight is 430 g/mol. The Hall–Kier alpha value is -2.32. The maximum Gasteiger partial charge on any atom is 0.387 e. The van der Waals surface area contributed by atoms with Gasteiger partial charge in [-0.3, -0.25) is 4.79 Å². The summed E-state index contributed by atoms with van der Waals surface area (Å²) in [7, 11) is 1.54. The molecule has 0 atom stereocenters. The van der Waals surface area contributed by atoms with Crippen LogP contribution in [0.2, 0.25) is 5.02 Å². The third-order valence-corrected chi connectivity index (χ3v) is 4.77. The number of nitrogens with zero attached hydrogens (tertiary/aromatic N) is 1. The molecule has 0 fully saturated rings. The first-order valence-electron chi connectivity index (χ1n) is 8.08. The number of carbonyl (C=O) groups is 2. The lowest BCUT2D eigenvalue weighted by Gasteiger charge is -2.17. The lowest BCUT2D eigenvalue weighted by atomic mass is 10.2. The van der Waals surface area contributed by atoms with Crippen LogP contribution in [-0.2, 0) is 16.1 Å². The number of ether oxygens (including phenoxy) is 2. The highest BCUT2D eigenvalue weighted by molar-refractivity contribution is 7.98. The quantitative estimate of drug-likeness (QED) is 0.457. The number of hydrogen-bond acceptors (Lipinski definition) is 5. The molecule has 0 unspecified atom stereocenters. The molecule has 0 spiro atoms. The average Bonchev–Trinajstić information content (AvgIpc) is 2.67. The van der Waals surface area contributed by atoms with Crippen LogP contribution in [0.5, 0.6) is 5.75 Å². The number of rotatable bonds is 8. The Labute approximate surface area is 170 Å². The van der Waals surface area contributed by atoms with Gasteiger partial charge in [0.15, 0.2) is 6.61 Å². The highest BCUT2D eigenvalue weighted by atomic mass is 35.5. The Morgan fingerprint density at radius 1 is 1.18 bits per heavy atom. The Morgan fingerprint density at radius 3 is 2.46 bits per heavy atom. The predicted molar refractivity (Wildman–Crippen MR) is 103 cm³/mol. The van der Waals surface area contributed by atoms with Crippen LogP contribution in [0.3, 0.4) is 0 Å². The number of likely N-dealkylation sites (N-methyl/N-ethyl adjacent to an activating group) is 1. The number of thioether (sulfide) groups is 1. The number of esters is 1. The Balaban J connectivity index is 1.89. The number of carbonyl (C=O) groups excluding carboxylic acids is 2. The summed E-state index contributed by atoms with van der Waals surface area (Å²) in [6.07, 6.45) is 1.86. The largest absolute Gasteiger partial charge is 0.452 e. The molecule has 0 aliphatic carbocycles. The van der Waals surface area contributed by atoms with Gasteiger partial charge in [-0.15, -0.1) is 11.8 Å². The van der Waals surface area contributed by atoms with E-state index in [4.69, 9.17) is 16.3 Å². The summed E-state index contributed by atoms with van der Waals surface area (Å²) < 4.78 is 33.6. The van der Waals surface area contributed by atoms with Crippen molar-refractivity contribution in [2.45, 2.75) is 18.1 Å². The zero-order valence-corrected chi connectivity index (χ0v) is 16.7. The monoisotopic (exact) mass is 429 g/mol. The van der Waals surface area contributed by atoms with Gasteiger partial charge in [-0.2, -0.15) is 8.78 Å². The van der Waals surface area contributed by atoms with Crippen molar-refractivity contribution in [1.29, 1.82) is 0 Å². The fraction of sp³-hybridized carbons (Fsp3) is 0.263. The fourth-order valence-corrected chi connectivity index (χ4v) is 2.88. The van der Waals surface area contributed by atoms with E-state index in [2.05, 4.69) is 4.74 Å². The molecule has 0 N–H and O–H groups in total. The molecule has 2 aromatic carbocycles. The van der Waals surface area contributed by atoms with Crippen LogP contribution in [0.1, 0.15) is 15.9 Å². The third kappa shape index (κ3) is 6.38. The molecule has 0 aliphatic heterocycles. The van der Waals surface area contributed by atoms with E-state index in [1.807, 2.05) is 6.26 Å². The van der Waals surface area contributed by atoms with Gasteiger partial charge < -0.3 is 14.4 Å². The van der Waals surface area contributed by atoms with Gasteiger partial charge in [-0.05, 0) is 42.2 Å². The Bertz CT molecular complexity index is 833. The molecule has 9 heteroatoms. The van der Waals surface area contributed by atoms with E-state index < -0.39 is 25.1 Å². The minimum atomic E-state index is -2.89. The van der Waals surface area contributed by atoms with Gasteiger partial charge in [0, 0.05) is 18.5 Å². The van der Waals surface area contributed by atoms with E-state index in [0.29, 0.717) is 5.56 Å². The summed E-state index contributed by atoms with van der Waals surface area (Å²) in [5.74, 6) is -1.07. The summed E-state index contributed by atoms with van der Waals surface area (Å²) >= 11 is 7.47. The number of halogens is 3. The van der Waals surface area contributed by atoms with E-state index in [9.17, 15) is 18.4 Å². The van der Waals surface area contributed by atoms with Crippen LogP contribution in [0.4, 0.5) is 8.78 Å². The van der Waals surface area contributed by atoms with Crippen molar-refractivity contribution >= 4 is 35.2 Å². The third-order valence-electron chi connectivity index (χ3n) is 3.71. The number of hydrogen-bond donors (Lipinski definition) is 0. The molecule has 2 rings (SSSR count). The number of benzene rings is 2. The number of amides is 1. The Morgan fingerprint density at radius 2 is 1.86 bits per heavy atom. The van der Waals surface area contributed by atoms with Crippen molar-refractivity contribution in [1.82, 2.24) is 4.90 Å². The minimum Gasteiger partial charge on any atom is -0.452 e.